The van der Waals surface area contributed by atoms with Gasteiger partial charge in [0.05, 0.1) is 18.4 Å². The Bertz CT molecular complexity index is 989. The van der Waals surface area contributed by atoms with Crippen LogP contribution in [0.15, 0.2) is 78.9 Å². The maximum atomic E-state index is 12.7. The van der Waals surface area contributed by atoms with Crippen molar-refractivity contribution < 1.29 is 19.1 Å². The molecule has 3 aromatic carbocycles. The second-order valence-corrected chi connectivity index (χ2v) is 6.29. The molecule has 3 aromatic rings. The molecular weight excluding hydrogens is 368 g/mol. The molecular formula is C23H22N2O4. The lowest BCUT2D eigenvalue weighted by Crippen LogP contribution is -2.31. The van der Waals surface area contributed by atoms with Gasteiger partial charge in [-0.3, -0.25) is 9.59 Å². The van der Waals surface area contributed by atoms with E-state index in [4.69, 9.17) is 9.47 Å². The van der Waals surface area contributed by atoms with E-state index in [0.29, 0.717) is 28.4 Å². The Morgan fingerprint density at radius 3 is 2.28 bits per heavy atom. The number of nitrogens with one attached hydrogen (secondary N) is 2. The molecule has 6 nitrogen and oxygen atoms in total. The Balaban J connectivity index is 1.70. The molecule has 0 radical (unpaired) electrons. The van der Waals surface area contributed by atoms with E-state index in [2.05, 4.69) is 10.6 Å². The highest BCUT2D eigenvalue weighted by Crippen LogP contribution is 2.21. The van der Waals surface area contributed by atoms with Crippen LogP contribution in [0.3, 0.4) is 0 Å². The first kappa shape index (κ1) is 19.9. The Kier molecular flexibility index (Phi) is 6.47. The fraction of sp³-hybridized carbons (Fsp3) is 0.130. The van der Waals surface area contributed by atoms with Crippen molar-refractivity contribution in [2.45, 2.75) is 13.0 Å². The molecule has 1 unspecified atom stereocenters. The summed E-state index contributed by atoms with van der Waals surface area (Å²) in [5.41, 5.74) is 1.34. The van der Waals surface area contributed by atoms with Crippen molar-refractivity contribution in [3.05, 3.63) is 84.4 Å². The molecule has 6 heteroatoms. The van der Waals surface area contributed by atoms with Crippen molar-refractivity contribution in [3.63, 3.8) is 0 Å². The summed E-state index contributed by atoms with van der Waals surface area (Å²) in [5, 5.41) is 5.58. The highest BCUT2D eigenvalue weighted by Gasteiger charge is 2.18. The van der Waals surface area contributed by atoms with Gasteiger partial charge in [-0.2, -0.15) is 0 Å². The van der Waals surface area contributed by atoms with Crippen LogP contribution in [-0.4, -0.2) is 25.0 Å². The molecule has 3 rings (SSSR count). The second-order valence-electron chi connectivity index (χ2n) is 6.29. The van der Waals surface area contributed by atoms with Crippen LogP contribution in [0, 0.1) is 0 Å². The lowest BCUT2D eigenvalue weighted by atomic mass is 10.1. The van der Waals surface area contributed by atoms with E-state index in [1.165, 1.54) is 0 Å². The van der Waals surface area contributed by atoms with E-state index < -0.39 is 6.10 Å². The summed E-state index contributed by atoms with van der Waals surface area (Å²) in [6.07, 6.45) is -0.730. The van der Waals surface area contributed by atoms with Gasteiger partial charge in [0.2, 0.25) is 0 Å². The molecule has 0 aliphatic heterocycles. The van der Waals surface area contributed by atoms with E-state index in [1.54, 1.807) is 74.7 Å². The number of ether oxygens (including phenoxy) is 2. The second kappa shape index (κ2) is 9.41. The number of amides is 2. The van der Waals surface area contributed by atoms with Gasteiger partial charge in [-0.05, 0) is 43.3 Å². The smallest absolute Gasteiger partial charge is 0.265 e. The van der Waals surface area contributed by atoms with E-state index >= 15 is 0 Å². The number of anilines is 2. The molecule has 0 fully saturated rings. The highest BCUT2D eigenvalue weighted by molar-refractivity contribution is 6.10. The lowest BCUT2D eigenvalue weighted by molar-refractivity contribution is -0.122. The fourth-order valence-corrected chi connectivity index (χ4v) is 2.68. The predicted molar refractivity (Wildman–Crippen MR) is 113 cm³/mol. The van der Waals surface area contributed by atoms with Crippen molar-refractivity contribution in [3.8, 4) is 11.5 Å². The number of benzene rings is 3. The SMILES string of the molecule is COc1cccc(NC(=O)c2ccccc2NC(=O)C(C)Oc2ccccc2)c1. The number of carbonyl (C=O) groups excluding carboxylic acids is 2. The zero-order valence-corrected chi connectivity index (χ0v) is 16.2. The Morgan fingerprint density at radius 2 is 1.52 bits per heavy atom. The van der Waals surface area contributed by atoms with Crippen LogP contribution >= 0.6 is 0 Å². The summed E-state index contributed by atoms with van der Waals surface area (Å²) < 4.78 is 10.8. The topological polar surface area (TPSA) is 76.7 Å². The molecule has 1 atom stereocenters. The van der Waals surface area contributed by atoms with Gasteiger partial charge in [0.25, 0.3) is 11.8 Å². The molecule has 0 saturated heterocycles. The van der Waals surface area contributed by atoms with Gasteiger partial charge in [-0.15, -0.1) is 0 Å². The molecule has 0 heterocycles. The van der Waals surface area contributed by atoms with Crippen molar-refractivity contribution >= 4 is 23.2 Å². The normalized spacial score (nSPS) is 11.2. The number of hydrogen-bond acceptors (Lipinski definition) is 4. The van der Waals surface area contributed by atoms with Crippen LogP contribution in [0.2, 0.25) is 0 Å². The monoisotopic (exact) mass is 390 g/mol. The van der Waals surface area contributed by atoms with Gasteiger partial charge in [0, 0.05) is 11.8 Å². The summed E-state index contributed by atoms with van der Waals surface area (Å²) in [6.45, 7) is 1.65. The third kappa shape index (κ3) is 5.35. The highest BCUT2D eigenvalue weighted by atomic mass is 16.5. The van der Waals surface area contributed by atoms with Crippen LogP contribution in [0.25, 0.3) is 0 Å². The number of rotatable bonds is 7. The molecule has 148 valence electrons. The average molecular weight is 390 g/mol. The third-order valence-corrected chi connectivity index (χ3v) is 4.18. The van der Waals surface area contributed by atoms with E-state index in [9.17, 15) is 9.59 Å². The first-order valence-electron chi connectivity index (χ1n) is 9.14. The average Bonchev–Trinajstić information content (AvgIpc) is 2.75. The molecule has 2 amide bonds. The molecule has 0 spiro atoms. The number of methoxy groups -OCH3 is 1. The minimum absolute atomic E-state index is 0.342. The summed E-state index contributed by atoms with van der Waals surface area (Å²) >= 11 is 0. The fourth-order valence-electron chi connectivity index (χ4n) is 2.68. The van der Waals surface area contributed by atoms with Gasteiger partial charge in [0.15, 0.2) is 6.10 Å². The van der Waals surface area contributed by atoms with E-state index in [0.717, 1.165) is 0 Å². The minimum atomic E-state index is -0.730. The largest absolute Gasteiger partial charge is 0.497 e. The Labute approximate surface area is 169 Å². The van der Waals surface area contributed by atoms with Gasteiger partial charge < -0.3 is 20.1 Å². The molecule has 0 saturated carbocycles. The van der Waals surface area contributed by atoms with Crippen molar-refractivity contribution in [1.29, 1.82) is 0 Å². The quantitative estimate of drug-likeness (QED) is 0.629. The van der Waals surface area contributed by atoms with Gasteiger partial charge in [-0.1, -0.05) is 36.4 Å². The Hall–Kier alpha value is -3.80. The molecule has 2 N–H and O–H groups in total. The standard InChI is InChI=1S/C23H22N2O4/c1-16(29-18-10-4-3-5-11-18)22(26)25-21-14-7-6-13-20(21)23(27)24-17-9-8-12-19(15-17)28-2/h3-16H,1-2H3,(H,24,27)(H,25,26). The van der Waals surface area contributed by atoms with Gasteiger partial charge in [0.1, 0.15) is 11.5 Å². The molecule has 29 heavy (non-hydrogen) atoms. The summed E-state index contributed by atoms with van der Waals surface area (Å²) in [6, 6.07) is 22.9. The number of carbonyl (C=O) groups is 2. The maximum Gasteiger partial charge on any atom is 0.265 e. The lowest BCUT2D eigenvalue weighted by Gasteiger charge is -2.16. The van der Waals surface area contributed by atoms with Crippen molar-refractivity contribution in [2.24, 2.45) is 0 Å². The van der Waals surface area contributed by atoms with Gasteiger partial charge >= 0.3 is 0 Å². The number of hydrogen-bond donors (Lipinski definition) is 2. The van der Waals surface area contributed by atoms with E-state index in [1.807, 2.05) is 18.2 Å². The third-order valence-electron chi connectivity index (χ3n) is 4.18. The first-order valence-corrected chi connectivity index (χ1v) is 9.14. The zero-order chi connectivity index (χ0) is 20.6. The van der Waals surface area contributed by atoms with Crippen LogP contribution in [0.5, 0.6) is 11.5 Å². The van der Waals surface area contributed by atoms with Crippen LogP contribution in [-0.2, 0) is 4.79 Å². The van der Waals surface area contributed by atoms with Crippen molar-refractivity contribution in [2.75, 3.05) is 17.7 Å². The summed E-state index contributed by atoms with van der Waals surface area (Å²) in [7, 11) is 1.56. The molecule has 0 bridgehead atoms. The predicted octanol–water partition coefficient (Wildman–Crippen LogP) is 4.35. The summed E-state index contributed by atoms with van der Waals surface area (Å²) in [4.78, 5) is 25.3. The van der Waals surface area contributed by atoms with Crippen LogP contribution in [0.1, 0.15) is 17.3 Å². The molecule has 0 aromatic heterocycles. The van der Waals surface area contributed by atoms with Crippen LogP contribution < -0.4 is 20.1 Å². The Morgan fingerprint density at radius 1 is 0.828 bits per heavy atom. The summed E-state index contributed by atoms with van der Waals surface area (Å²) in [5.74, 6) is 0.539. The van der Waals surface area contributed by atoms with Crippen LogP contribution in [0.4, 0.5) is 11.4 Å². The zero-order valence-electron chi connectivity index (χ0n) is 16.2. The first-order chi connectivity index (χ1) is 14.1. The van der Waals surface area contributed by atoms with Gasteiger partial charge in [-0.25, -0.2) is 0 Å². The molecule has 0 aliphatic carbocycles. The number of para-hydroxylation sites is 2. The van der Waals surface area contributed by atoms with E-state index in [-0.39, 0.29) is 11.8 Å². The molecule has 0 aliphatic rings. The van der Waals surface area contributed by atoms with Crippen molar-refractivity contribution in [1.82, 2.24) is 0 Å². The minimum Gasteiger partial charge on any atom is -0.497 e. The maximum absolute atomic E-state index is 12.7.